The Morgan fingerprint density at radius 1 is 1.05 bits per heavy atom. The summed E-state index contributed by atoms with van der Waals surface area (Å²) in [5.41, 5.74) is 1.58. The molecule has 0 radical (unpaired) electrons. The highest BCUT2D eigenvalue weighted by molar-refractivity contribution is 7.84. The molecule has 2 aromatic carbocycles. The maximum atomic E-state index is 13.5. The molecule has 0 spiro atoms. The second-order valence-corrected chi connectivity index (χ2v) is 14.8. The lowest BCUT2D eigenvalue weighted by Gasteiger charge is -2.44. The highest BCUT2D eigenvalue weighted by Gasteiger charge is 2.44. The normalized spacial score (nSPS) is 23.2. The molecule has 1 unspecified atom stereocenters. The maximum absolute atomic E-state index is 13.5. The number of hydrogen-bond acceptors (Lipinski definition) is 7. The number of phenolic OH excluding ortho intramolecular Hbond substituents is 1. The molecule has 1 saturated carbocycles. The third-order valence-electron chi connectivity index (χ3n) is 8.54. The molecule has 244 valence electrons. The SMILES string of the molecule is CS(=O)(=O)[O-].Cc1c(O)cccc1C(=O)N[C@@H](Cc1ccccc1)[C@H](O)C[NH+]1C[C@H]2CCCC[C@H]2C[C@H]1C(=O)NC(C)(C)C. The molecule has 0 bridgehead atoms. The van der Waals surface area contributed by atoms with E-state index >= 15 is 0 Å². The summed E-state index contributed by atoms with van der Waals surface area (Å²) in [4.78, 5) is 27.9. The summed E-state index contributed by atoms with van der Waals surface area (Å²) >= 11 is 0. The number of amides is 2. The minimum Gasteiger partial charge on any atom is -0.748 e. The number of hydrogen-bond donors (Lipinski definition) is 5. The van der Waals surface area contributed by atoms with Gasteiger partial charge in [0.25, 0.3) is 11.8 Å². The van der Waals surface area contributed by atoms with Gasteiger partial charge in [0, 0.05) is 35.3 Å². The second kappa shape index (κ2) is 15.3. The van der Waals surface area contributed by atoms with Gasteiger partial charge in [0.05, 0.1) is 22.7 Å². The number of benzene rings is 2. The number of carbonyl (C=O) groups is 2. The number of piperidine rings is 1. The average Bonchev–Trinajstić information content (AvgIpc) is 2.92. The lowest BCUT2D eigenvalue weighted by Crippen LogP contribution is -3.20. The summed E-state index contributed by atoms with van der Waals surface area (Å²) in [6, 6.07) is 13.9. The third kappa shape index (κ3) is 11.2. The quantitative estimate of drug-likeness (QED) is 0.278. The van der Waals surface area contributed by atoms with Gasteiger partial charge in [-0.1, -0.05) is 49.2 Å². The van der Waals surface area contributed by atoms with Crippen molar-refractivity contribution in [2.24, 2.45) is 11.8 Å². The van der Waals surface area contributed by atoms with E-state index in [-0.39, 0.29) is 29.1 Å². The first-order valence-corrected chi connectivity index (χ1v) is 17.2. The van der Waals surface area contributed by atoms with E-state index in [0.29, 0.717) is 42.2 Å². The van der Waals surface area contributed by atoms with Crippen LogP contribution in [-0.4, -0.2) is 78.1 Å². The predicted octanol–water partition coefficient (Wildman–Crippen LogP) is 1.94. The molecule has 2 amide bonds. The lowest BCUT2D eigenvalue weighted by molar-refractivity contribution is -0.929. The first-order valence-electron chi connectivity index (χ1n) is 15.4. The zero-order valence-corrected chi connectivity index (χ0v) is 27.3. The molecular formula is C33H49N3O7S. The van der Waals surface area contributed by atoms with E-state index in [2.05, 4.69) is 10.6 Å². The van der Waals surface area contributed by atoms with Crippen LogP contribution in [0.15, 0.2) is 48.5 Å². The Morgan fingerprint density at radius 3 is 2.27 bits per heavy atom. The number of phenols is 1. The van der Waals surface area contributed by atoms with Gasteiger partial charge in [-0.3, -0.25) is 9.59 Å². The van der Waals surface area contributed by atoms with Crippen LogP contribution in [0.5, 0.6) is 5.75 Å². The van der Waals surface area contributed by atoms with Crippen LogP contribution in [0.2, 0.25) is 0 Å². The molecule has 5 N–H and O–H groups in total. The molecule has 11 heteroatoms. The van der Waals surface area contributed by atoms with E-state index in [9.17, 15) is 19.8 Å². The zero-order valence-electron chi connectivity index (χ0n) is 26.5. The first kappa shape index (κ1) is 35.5. The van der Waals surface area contributed by atoms with E-state index in [1.807, 2.05) is 51.1 Å². The summed E-state index contributed by atoms with van der Waals surface area (Å²) in [6.45, 7) is 8.95. The van der Waals surface area contributed by atoms with Crippen LogP contribution in [0.1, 0.15) is 74.4 Å². The van der Waals surface area contributed by atoms with Crippen LogP contribution >= 0.6 is 0 Å². The van der Waals surface area contributed by atoms with E-state index < -0.39 is 22.3 Å². The first-order chi connectivity index (χ1) is 20.5. The van der Waals surface area contributed by atoms with Crippen molar-refractivity contribution in [3.05, 3.63) is 65.2 Å². The number of rotatable bonds is 8. The summed E-state index contributed by atoms with van der Waals surface area (Å²) < 4.78 is 27.2. The number of nitrogens with one attached hydrogen (secondary N) is 3. The Labute approximate surface area is 262 Å². The van der Waals surface area contributed by atoms with E-state index in [1.165, 1.54) is 25.7 Å². The van der Waals surface area contributed by atoms with Crippen LogP contribution < -0.4 is 15.5 Å². The molecule has 1 aliphatic heterocycles. The van der Waals surface area contributed by atoms with Gasteiger partial charge in [-0.2, -0.15) is 0 Å². The Balaban J connectivity index is 0.000000978. The van der Waals surface area contributed by atoms with Gasteiger partial charge in [-0.25, -0.2) is 8.42 Å². The average molecular weight is 632 g/mol. The van der Waals surface area contributed by atoms with Gasteiger partial charge in [0.2, 0.25) is 0 Å². The van der Waals surface area contributed by atoms with Gasteiger partial charge in [0.15, 0.2) is 6.04 Å². The topological polar surface area (TPSA) is 160 Å². The van der Waals surface area contributed by atoms with Crippen molar-refractivity contribution in [2.45, 2.75) is 89.9 Å². The van der Waals surface area contributed by atoms with Crippen LogP contribution in [-0.2, 0) is 21.3 Å². The minimum absolute atomic E-state index is 0.0488. The number of fused-ring (bicyclic) bond motifs is 1. The van der Waals surface area contributed by atoms with Crippen LogP contribution in [0.4, 0.5) is 0 Å². The third-order valence-corrected chi connectivity index (χ3v) is 8.54. The Morgan fingerprint density at radius 2 is 1.66 bits per heavy atom. The highest BCUT2D eigenvalue weighted by Crippen LogP contribution is 2.34. The molecule has 1 heterocycles. The van der Waals surface area contributed by atoms with E-state index in [0.717, 1.165) is 23.4 Å². The molecular weight excluding hydrogens is 582 g/mol. The fourth-order valence-electron chi connectivity index (χ4n) is 6.46. The highest BCUT2D eigenvalue weighted by atomic mass is 32.2. The maximum Gasteiger partial charge on any atom is 0.278 e. The van der Waals surface area contributed by atoms with Gasteiger partial charge >= 0.3 is 0 Å². The van der Waals surface area contributed by atoms with Crippen molar-refractivity contribution in [2.75, 3.05) is 19.3 Å². The number of carbonyl (C=O) groups excluding carboxylic acids is 2. The molecule has 0 aromatic heterocycles. The molecule has 44 heavy (non-hydrogen) atoms. The standard InChI is InChI=1S/C32H45N3O4.CH4O3S/c1-21-25(15-10-16-28(21)36)30(38)33-26(17-22-11-6-5-7-12-22)29(37)20-35-19-24-14-9-8-13-23(24)18-27(35)31(39)34-32(2,3)4;1-5(2,3)4/h5-7,10-12,15-16,23-24,26-27,29,36-37H,8-9,13-14,17-20H2,1-4H3,(H,33,38)(H,34,39);1H3,(H,2,3,4)/t23-,24+,26-,27-,29+;/m0./s1. The van der Waals surface area contributed by atoms with Crippen molar-refractivity contribution < 1.29 is 37.7 Å². The number of aliphatic hydroxyl groups excluding tert-OH is 1. The van der Waals surface area contributed by atoms with Gasteiger partial charge in [-0.05, 0) is 70.6 Å². The summed E-state index contributed by atoms with van der Waals surface area (Å²) in [5, 5.41) is 28.0. The fourth-order valence-corrected chi connectivity index (χ4v) is 6.46. The molecule has 1 saturated heterocycles. The summed E-state index contributed by atoms with van der Waals surface area (Å²) in [6.07, 6.45) is 5.86. The molecule has 1 aliphatic carbocycles. The fraction of sp³-hybridized carbons (Fsp3) is 0.576. The Kier molecular flexibility index (Phi) is 12.4. The van der Waals surface area contributed by atoms with Crippen molar-refractivity contribution in [1.82, 2.24) is 10.6 Å². The van der Waals surface area contributed by atoms with Crippen LogP contribution in [0.25, 0.3) is 0 Å². The van der Waals surface area contributed by atoms with Crippen molar-refractivity contribution in [3.63, 3.8) is 0 Å². The van der Waals surface area contributed by atoms with Crippen LogP contribution in [0, 0.1) is 18.8 Å². The monoisotopic (exact) mass is 631 g/mol. The number of quaternary nitrogens is 1. The Bertz CT molecular complexity index is 1350. The molecule has 2 fully saturated rings. The summed E-state index contributed by atoms with van der Waals surface area (Å²) in [5.74, 6) is 0.912. The van der Waals surface area contributed by atoms with Crippen molar-refractivity contribution >= 4 is 21.9 Å². The largest absolute Gasteiger partial charge is 0.748 e. The van der Waals surface area contributed by atoms with Crippen LogP contribution in [0.3, 0.4) is 0 Å². The van der Waals surface area contributed by atoms with Crippen molar-refractivity contribution in [3.8, 4) is 5.75 Å². The lowest BCUT2D eigenvalue weighted by atomic mass is 9.72. The van der Waals surface area contributed by atoms with Crippen molar-refractivity contribution in [1.29, 1.82) is 0 Å². The molecule has 4 rings (SSSR count). The number of aromatic hydroxyl groups is 1. The van der Waals surface area contributed by atoms with Gasteiger partial charge in [0.1, 0.15) is 18.4 Å². The smallest absolute Gasteiger partial charge is 0.278 e. The van der Waals surface area contributed by atoms with E-state index in [4.69, 9.17) is 13.0 Å². The van der Waals surface area contributed by atoms with E-state index in [1.54, 1.807) is 25.1 Å². The molecule has 2 aromatic rings. The molecule has 6 atom stereocenters. The number of likely N-dealkylation sites (tertiary alicyclic amines) is 1. The Hall–Kier alpha value is -2.99. The molecule has 10 nitrogen and oxygen atoms in total. The van der Waals surface area contributed by atoms with Gasteiger partial charge in [-0.15, -0.1) is 0 Å². The predicted molar refractivity (Wildman–Crippen MR) is 168 cm³/mol. The van der Waals surface area contributed by atoms with Gasteiger partial charge < -0.3 is 30.3 Å². The molecule has 2 aliphatic rings. The zero-order chi connectivity index (χ0) is 32.7. The second-order valence-electron chi connectivity index (χ2n) is 13.4. The minimum atomic E-state index is -3.92. The summed E-state index contributed by atoms with van der Waals surface area (Å²) in [7, 11) is -3.92. The number of aliphatic hydroxyl groups is 1.